The SMILES string of the molecule is CCC(NC(=O)C(C)(C)F)(Oc1ccc2c(cnn2-c2ccc(F)cc2)c1)c1cccc(Cl)c1. The lowest BCUT2D eigenvalue weighted by Gasteiger charge is -2.36. The number of alkyl halides is 1. The smallest absolute Gasteiger partial charge is 0.260 e. The number of carbonyl (C=O) groups excluding carboxylic acids is 1. The third kappa shape index (κ3) is 4.75. The monoisotopic (exact) mass is 483 g/mol. The Morgan fingerprint density at radius 2 is 1.85 bits per heavy atom. The Morgan fingerprint density at radius 3 is 2.50 bits per heavy atom. The van der Waals surface area contributed by atoms with E-state index in [0.29, 0.717) is 28.4 Å². The molecule has 0 spiro atoms. The summed E-state index contributed by atoms with van der Waals surface area (Å²) in [6, 6.07) is 18.3. The van der Waals surface area contributed by atoms with Crippen molar-refractivity contribution in [3.8, 4) is 11.4 Å². The molecule has 4 rings (SSSR count). The second-order valence-electron chi connectivity index (χ2n) is 8.47. The second-order valence-corrected chi connectivity index (χ2v) is 8.91. The van der Waals surface area contributed by atoms with Gasteiger partial charge in [0.2, 0.25) is 5.72 Å². The summed E-state index contributed by atoms with van der Waals surface area (Å²) in [6.45, 7) is 4.21. The van der Waals surface area contributed by atoms with Crippen LogP contribution in [0.3, 0.4) is 0 Å². The number of fused-ring (bicyclic) bond motifs is 1. The van der Waals surface area contributed by atoms with E-state index in [1.807, 2.05) is 13.0 Å². The number of nitrogens with zero attached hydrogens (tertiary/aromatic N) is 2. The van der Waals surface area contributed by atoms with E-state index in [4.69, 9.17) is 16.3 Å². The minimum Gasteiger partial charge on any atom is -0.464 e. The summed E-state index contributed by atoms with van der Waals surface area (Å²) in [4.78, 5) is 12.6. The number of hydrogen-bond donors (Lipinski definition) is 1. The molecule has 0 aliphatic heterocycles. The molecule has 0 saturated heterocycles. The first-order valence-electron chi connectivity index (χ1n) is 10.8. The number of nitrogens with one attached hydrogen (secondary N) is 1. The van der Waals surface area contributed by atoms with E-state index in [0.717, 1.165) is 10.9 Å². The van der Waals surface area contributed by atoms with Crippen molar-refractivity contribution in [1.82, 2.24) is 15.1 Å². The molecule has 0 bridgehead atoms. The lowest BCUT2D eigenvalue weighted by Crippen LogP contribution is -2.54. The van der Waals surface area contributed by atoms with Crippen molar-refractivity contribution in [1.29, 1.82) is 0 Å². The van der Waals surface area contributed by atoms with Crippen LogP contribution in [0.5, 0.6) is 5.75 Å². The summed E-state index contributed by atoms with van der Waals surface area (Å²) in [6.07, 6.45) is 1.98. The first-order valence-corrected chi connectivity index (χ1v) is 11.2. The molecule has 1 N–H and O–H groups in total. The number of benzene rings is 3. The van der Waals surface area contributed by atoms with Gasteiger partial charge in [-0.2, -0.15) is 5.10 Å². The van der Waals surface area contributed by atoms with Crippen molar-refractivity contribution >= 4 is 28.4 Å². The van der Waals surface area contributed by atoms with E-state index in [-0.39, 0.29) is 5.82 Å². The topological polar surface area (TPSA) is 56.1 Å². The van der Waals surface area contributed by atoms with Gasteiger partial charge in [-0.25, -0.2) is 13.5 Å². The highest BCUT2D eigenvalue weighted by atomic mass is 35.5. The molecule has 1 amide bonds. The van der Waals surface area contributed by atoms with Crippen LogP contribution in [-0.4, -0.2) is 21.4 Å². The second kappa shape index (κ2) is 9.06. The van der Waals surface area contributed by atoms with Crippen LogP contribution in [0, 0.1) is 5.82 Å². The molecule has 1 atom stereocenters. The highest BCUT2D eigenvalue weighted by Gasteiger charge is 2.39. The van der Waals surface area contributed by atoms with Crippen molar-refractivity contribution in [3.63, 3.8) is 0 Å². The maximum Gasteiger partial charge on any atom is 0.260 e. The quantitative estimate of drug-likeness (QED) is 0.313. The largest absolute Gasteiger partial charge is 0.464 e. The molecule has 0 saturated carbocycles. The number of aromatic nitrogens is 2. The fraction of sp³-hybridized carbons (Fsp3) is 0.231. The normalized spacial score (nSPS) is 13.5. The summed E-state index contributed by atoms with van der Waals surface area (Å²) in [5.41, 5.74) is -1.38. The first-order chi connectivity index (χ1) is 16.1. The lowest BCUT2D eigenvalue weighted by molar-refractivity contribution is -0.138. The average molecular weight is 484 g/mol. The molecule has 1 unspecified atom stereocenters. The van der Waals surface area contributed by atoms with Gasteiger partial charge in [0.1, 0.15) is 11.6 Å². The van der Waals surface area contributed by atoms with Crippen LogP contribution < -0.4 is 10.1 Å². The van der Waals surface area contributed by atoms with Crippen LogP contribution in [0.1, 0.15) is 32.8 Å². The minimum atomic E-state index is -2.11. The lowest BCUT2D eigenvalue weighted by atomic mass is 9.98. The minimum absolute atomic E-state index is 0.308. The van der Waals surface area contributed by atoms with Gasteiger partial charge < -0.3 is 10.1 Å². The molecule has 0 aliphatic rings. The molecular weight excluding hydrogens is 460 g/mol. The molecule has 1 aromatic heterocycles. The Hall–Kier alpha value is -3.45. The molecule has 1 heterocycles. The van der Waals surface area contributed by atoms with Crippen molar-refractivity contribution in [2.75, 3.05) is 0 Å². The summed E-state index contributed by atoms with van der Waals surface area (Å²) < 4.78 is 35.8. The van der Waals surface area contributed by atoms with E-state index in [1.165, 1.54) is 26.0 Å². The predicted octanol–water partition coefficient (Wildman–Crippen LogP) is 6.32. The number of ether oxygens (including phenoxy) is 1. The van der Waals surface area contributed by atoms with Gasteiger partial charge in [0, 0.05) is 22.4 Å². The first kappa shape index (κ1) is 23.7. The van der Waals surface area contributed by atoms with Crippen LogP contribution in [0.4, 0.5) is 8.78 Å². The van der Waals surface area contributed by atoms with E-state index in [2.05, 4.69) is 10.4 Å². The molecule has 3 aromatic carbocycles. The van der Waals surface area contributed by atoms with Crippen molar-refractivity contribution in [2.24, 2.45) is 0 Å². The highest BCUT2D eigenvalue weighted by Crippen LogP contribution is 2.33. The van der Waals surface area contributed by atoms with Crippen molar-refractivity contribution < 1.29 is 18.3 Å². The molecule has 0 radical (unpaired) electrons. The van der Waals surface area contributed by atoms with Gasteiger partial charge in [0.15, 0.2) is 5.67 Å². The molecule has 0 aliphatic carbocycles. The Kier molecular flexibility index (Phi) is 6.32. The molecule has 34 heavy (non-hydrogen) atoms. The van der Waals surface area contributed by atoms with E-state index in [9.17, 15) is 13.6 Å². The van der Waals surface area contributed by atoms with Gasteiger partial charge >= 0.3 is 0 Å². The molecule has 0 fully saturated rings. The number of halogens is 3. The van der Waals surface area contributed by atoms with Gasteiger partial charge in [0.25, 0.3) is 5.91 Å². The molecule has 4 aromatic rings. The number of rotatable bonds is 7. The maximum atomic E-state index is 14.5. The zero-order valence-electron chi connectivity index (χ0n) is 19.0. The van der Waals surface area contributed by atoms with Crippen LogP contribution in [0.2, 0.25) is 5.02 Å². The van der Waals surface area contributed by atoms with Gasteiger partial charge in [-0.05, 0) is 68.4 Å². The molecule has 176 valence electrons. The summed E-state index contributed by atoms with van der Waals surface area (Å²) >= 11 is 6.21. The fourth-order valence-corrected chi connectivity index (χ4v) is 3.85. The molecule has 5 nitrogen and oxygen atoms in total. The van der Waals surface area contributed by atoms with Crippen LogP contribution in [-0.2, 0) is 10.5 Å². The molecular formula is C26H24ClF2N3O2. The number of amides is 1. The Balaban J connectivity index is 1.74. The third-order valence-corrected chi connectivity index (χ3v) is 5.78. The standard InChI is InChI=1S/C26H24ClF2N3O2/c1-4-26(31-24(33)25(2,3)29,18-6-5-7-19(27)15-18)34-22-12-13-23-17(14-22)16-30-32(23)21-10-8-20(28)9-11-21/h5-16H,4H2,1-3H3,(H,31,33). The van der Waals surface area contributed by atoms with Crippen LogP contribution >= 0.6 is 11.6 Å². The van der Waals surface area contributed by atoms with E-state index < -0.39 is 17.3 Å². The Morgan fingerprint density at radius 1 is 1.12 bits per heavy atom. The third-order valence-electron chi connectivity index (χ3n) is 5.55. The van der Waals surface area contributed by atoms with Crippen molar-refractivity contribution in [2.45, 2.75) is 38.6 Å². The average Bonchev–Trinajstić information content (AvgIpc) is 3.21. The van der Waals surface area contributed by atoms with E-state index >= 15 is 0 Å². The number of hydrogen-bond acceptors (Lipinski definition) is 3. The Bertz CT molecular complexity index is 1330. The van der Waals surface area contributed by atoms with Gasteiger partial charge in [0.05, 0.1) is 17.4 Å². The summed E-state index contributed by atoms with van der Waals surface area (Å²) in [7, 11) is 0. The van der Waals surface area contributed by atoms with Crippen LogP contribution in [0.25, 0.3) is 16.6 Å². The Labute approximate surface area is 201 Å². The molecule has 8 heteroatoms. The van der Waals surface area contributed by atoms with Crippen molar-refractivity contribution in [3.05, 3.63) is 89.3 Å². The number of carbonyl (C=O) groups is 1. The van der Waals surface area contributed by atoms with Crippen LogP contribution in [0.15, 0.2) is 72.9 Å². The fourth-order valence-electron chi connectivity index (χ4n) is 3.66. The van der Waals surface area contributed by atoms with Gasteiger partial charge in [-0.3, -0.25) is 4.79 Å². The zero-order chi connectivity index (χ0) is 24.5. The van der Waals surface area contributed by atoms with Gasteiger partial charge in [-0.15, -0.1) is 0 Å². The highest BCUT2D eigenvalue weighted by molar-refractivity contribution is 6.30. The van der Waals surface area contributed by atoms with E-state index in [1.54, 1.807) is 59.4 Å². The summed E-state index contributed by atoms with van der Waals surface area (Å²) in [5.74, 6) is -0.684. The zero-order valence-corrected chi connectivity index (χ0v) is 19.7. The van der Waals surface area contributed by atoms with Gasteiger partial charge in [-0.1, -0.05) is 30.7 Å². The maximum absolute atomic E-state index is 14.5. The summed E-state index contributed by atoms with van der Waals surface area (Å²) in [5, 5.41) is 8.39. The predicted molar refractivity (Wildman–Crippen MR) is 128 cm³/mol.